The number of hydrogen-bond donors (Lipinski definition) is 0. The number of anilines is 3. The summed E-state index contributed by atoms with van der Waals surface area (Å²) in [5.74, 6) is 1.75. The molecule has 0 unspecified atom stereocenters. The van der Waals surface area contributed by atoms with Gasteiger partial charge in [-0.25, -0.2) is 0 Å². The van der Waals surface area contributed by atoms with E-state index in [2.05, 4.69) is 223 Å². The largest absolute Gasteiger partial charge is 0.457 e. The molecule has 3 heterocycles. The lowest BCUT2D eigenvalue weighted by Crippen LogP contribution is -2.79. The molecular formula is C55H37NO2Si. The van der Waals surface area contributed by atoms with Crippen LogP contribution in [0.2, 0.25) is 0 Å². The third-order valence-corrected chi connectivity index (χ3v) is 17.5. The average molecular weight is 772 g/mol. The molecule has 0 amide bonds. The SMILES string of the molecule is c1ccc(N(c2ccc3c(c2)C2(c4ccccc4Oc4ccccc42)c2ccccc2[Si]3(c2ccccc2)c2ccccc2)c2cccc3oc4ccccc4c23)cc1. The Balaban J connectivity index is 1.27. The maximum atomic E-state index is 6.84. The normalized spacial score (nSPS) is 14.2. The summed E-state index contributed by atoms with van der Waals surface area (Å²) in [5, 5.41) is 7.64. The minimum atomic E-state index is -2.99. The molecular weight excluding hydrogens is 735 g/mol. The van der Waals surface area contributed by atoms with Crippen LogP contribution in [0.1, 0.15) is 22.3 Å². The van der Waals surface area contributed by atoms with Gasteiger partial charge in [-0.15, -0.1) is 0 Å². The van der Waals surface area contributed by atoms with E-state index in [-0.39, 0.29) is 0 Å². The van der Waals surface area contributed by atoms with Crippen LogP contribution in [0.4, 0.5) is 17.1 Å². The van der Waals surface area contributed by atoms with Gasteiger partial charge in [-0.1, -0.05) is 170 Å². The van der Waals surface area contributed by atoms with Crippen LogP contribution in [0, 0.1) is 0 Å². The third kappa shape index (κ3) is 4.69. The summed E-state index contributed by atoms with van der Waals surface area (Å²) in [5.41, 5.74) is 9.07. The van der Waals surface area contributed by atoms with Crippen molar-refractivity contribution in [3.8, 4) is 11.5 Å². The molecule has 10 aromatic rings. The number of furan rings is 1. The van der Waals surface area contributed by atoms with Crippen LogP contribution >= 0.6 is 0 Å². The van der Waals surface area contributed by atoms with Crippen molar-refractivity contribution in [1.29, 1.82) is 0 Å². The predicted molar refractivity (Wildman–Crippen MR) is 244 cm³/mol. The molecule has 2 aliphatic heterocycles. The molecule has 9 aromatic carbocycles. The molecule has 0 saturated carbocycles. The number of fused-ring (bicyclic) bond motifs is 11. The molecule has 4 heteroatoms. The van der Waals surface area contributed by atoms with E-state index in [1.54, 1.807) is 0 Å². The van der Waals surface area contributed by atoms with Crippen molar-refractivity contribution < 1.29 is 9.15 Å². The zero-order valence-electron chi connectivity index (χ0n) is 32.1. The lowest BCUT2D eigenvalue weighted by molar-refractivity contribution is 0.435. The van der Waals surface area contributed by atoms with Gasteiger partial charge in [0.15, 0.2) is 8.07 Å². The molecule has 0 radical (unpaired) electrons. The number of ether oxygens (including phenoxy) is 1. The Morgan fingerprint density at radius 2 is 0.932 bits per heavy atom. The van der Waals surface area contributed by atoms with E-state index in [1.165, 1.54) is 31.9 Å². The van der Waals surface area contributed by atoms with Crippen LogP contribution in [0.25, 0.3) is 21.9 Å². The third-order valence-electron chi connectivity index (χ3n) is 12.7. The lowest BCUT2D eigenvalue weighted by atomic mass is 9.63. The summed E-state index contributed by atoms with van der Waals surface area (Å²) in [6.07, 6.45) is 0. The van der Waals surface area contributed by atoms with Crippen LogP contribution in [-0.4, -0.2) is 8.07 Å². The Morgan fingerprint density at radius 3 is 1.63 bits per heavy atom. The van der Waals surface area contributed by atoms with E-state index in [9.17, 15) is 0 Å². The van der Waals surface area contributed by atoms with Crippen molar-refractivity contribution in [2.75, 3.05) is 4.90 Å². The zero-order chi connectivity index (χ0) is 39.0. The number of hydrogen-bond acceptors (Lipinski definition) is 3. The van der Waals surface area contributed by atoms with Crippen LogP contribution in [0.15, 0.2) is 229 Å². The summed E-state index contributed by atoms with van der Waals surface area (Å²) in [7, 11) is -2.99. The summed E-state index contributed by atoms with van der Waals surface area (Å²) in [4.78, 5) is 2.42. The average Bonchev–Trinajstić information content (AvgIpc) is 3.70. The lowest BCUT2D eigenvalue weighted by Gasteiger charge is -2.51. The molecule has 0 bridgehead atoms. The molecule has 1 aromatic heterocycles. The Kier molecular flexibility index (Phi) is 7.47. The van der Waals surface area contributed by atoms with Crippen molar-refractivity contribution in [3.63, 3.8) is 0 Å². The molecule has 3 nitrogen and oxygen atoms in total. The van der Waals surface area contributed by atoms with Gasteiger partial charge in [0.05, 0.1) is 16.5 Å². The standard InChI is InChI=1S/C55H37NO2Si/c1-4-19-38(20-5-1)56(47-29-18-33-51-54(47)42-25-10-14-30-48(42)57-51)39-35-36-53-46(37-39)55(43-26-11-15-31-49(43)58-50-32-16-12-27-44(50)55)45-28-13-17-34-52(45)59(53,40-21-6-2-7-22-40)41-23-8-3-9-24-41/h1-37H. The van der Waals surface area contributed by atoms with Crippen molar-refractivity contribution in [3.05, 3.63) is 247 Å². The predicted octanol–water partition coefficient (Wildman–Crippen LogP) is 11.2. The fourth-order valence-corrected chi connectivity index (χ4v) is 15.7. The molecule has 0 fully saturated rings. The van der Waals surface area contributed by atoms with Gasteiger partial charge < -0.3 is 14.1 Å². The van der Waals surface area contributed by atoms with Gasteiger partial charge in [-0.05, 0) is 86.5 Å². The molecule has 59 heavy (non-hydrogen) atoms. The van der Waals surface area contributed by atoms with Crippen LogP contribution in [0.5, 0.6) is 11.5 Å². The van der Waals surface area contributed by atoms with E-state index >= 15 is 0 Å². The van der Waals surface area contributed by atoms with Gasteiger partial charge >= 0.3 is 0 Å². The van der Waals surface area contributed by atoms with Crippen molar-refractivity contribution in [1.82, 2.24) is 0 Å². The number of para-hydroxylation sites is 4. The van der Waals surface area contributed by atoms with Gasteiger partial charge in [0.2, 0.25) is 0 Å². The second-order valence-corrected chi connectivity index (χ2v) is 19.3. The second kappa shape index (κ2) is 13.1. The molecule has 1 spiro atoms. The van der Waals surface area contributed by atoms with Crippen LogP contribution in [-0.2, 0) is 5.41 Å². The van der Waals surface area contributed by atoms with E-state index in [0.717, 1.165) is 61.6 Å². The Labute approximate surface area is 344 Å². The summed E-state index contributed by atoms with van der Waals surface area (Å²) in [6.45, 7) is 0. The zero-order valence-corrected chi connectivity index (χ0v) is 33.1. The molecule has 12 rings (SSSR count). The first-order chi connectivity index (χ1) is 29.3. The van der Waals surface area contributed by atoms with Crippen LogP contribution < -0.4 is 30.4 Å². The quantitative estimate of drug-likeness (QED) is 0.163. The highest BCUT2D eigenvalue weighted by atomic mass is 28.3. The maximum absolute atomic E-state index is 6.84. The fourth-order valence-electron chi connectivity index (χ4n) is 10.4. The van der Waals surface area contributed by atoms with Crippen molar-refractivity contribution >= 4 is 67.8 Å². The van der Waals surface area contributed by atoms with E-state index < -0.39 is 13.5 Å². The highest BCUT2D eigenvalue weighted by molar-refractivity contribution is 7.20. The topological polar surface area (TPSA) is 25.6 Å². The Hall–Kier alpha value is -7.40. The van der Waals surface area contributed by atoms with E-state index in [1.807, 2.05) is 6.07 Å². The fraction of sp³-hybridized carbons (Fsp3) is 0.0182. The molecule has 2 aliphatic rings. The first-order valence-electron chi connectivity index (χ1n) is 20.3. The molecule has 0 aliphatic carbocycles. The van der Waals surface area contributed by atoms with Gasteiger partial charge in [0.1, 0.15) is 22.7 Å². The van der Waals surface area contributed by atoms with Gasteiger partial charge in [-0.2, -0.15) is 0 Å². The molecule has 0 atom stereocenters. The minimum Gasteiger partial charge on any atom is -0.457 e. The summed E-state index contributed by atoms with van der Waals surface area (Å²) < 4.78 is 13.3. The van der Waals surface area contributed by atoms with Crippen molar-refractivity contribution in [2.24, 2.45) is 0 Å². The van der Waals surface area contributed by atoms with Crippen molar-refractivity contribution in [2.45, 2.75) is 5.41 Å². The number of nitrogens with zero attached hydrogens (tertiary/aromatic N) is 1. The molecule has 278 valence electrons. The summed E-state index contributed by atoms with van der Waals surface area (Å²) >= 11 is 0. The first-order valence-corrected chi connectivity index (χ1v) is 22.3. The van der Waals surface area contributed by atoms with E-state index in [0.29, 0.717) is 0 Å². The minimum absolute atomic E-state index is 0.704. The first kappa shape index (κ1) is 33.7. The number of rotatable bonds is 5. The van der Waals surface area contributed by atoms with E-state index in [4.69, 9.17) is 9.15 Å². The maximum Gasteiger partial charge on any atom is 0.180 e. The molecule has 0 N–H and O–H groups in total. The second-order valence-electron chi connectivity index (χ2n) is 15.5. The Morgan fingerprint density at radius 1 is 0.390 bits per heavy atom. The van der Waals surface area contributed by atoms with Gasteiger partial charge in [0, 0.05) is 27.9 Å². The highest BCUT2D eigenvalue weighted by Crippen LogP contribution is 2.57. The smallest absolute Gasteiger partial charge is 0.180 e. The Bertz CT molecular complexity index is 3130. The highest BCUT2D eigenvalue weighted by Gasteiger charge is 2.57. The molecule has 0 saturated heterocycles. The summed E-state index contributed by atoms with van der Waals surface area (Å²) in [6, 6.07) is 82.0. The number of benzene rings is 9. The van der Waals surface area contributed by atoms with Crippen LogP contribution in [0.3, 0.4) is 0 Å². The van der Waals surface area contributed by atoms with Gasteiger partial charge in [-0.3, -0.25) is 0 Å². The van der Waals surface area contributed by atoms with Gasteiger partial charge in [0.25, 0.3) is 0 Å². The monoisotopic (exact) mass is 771 g/mol.